The molecule has 0 unspecified atom stereocenters. The van der Waals surface area contributed by atoms with Gasteiger partial charge in [-0.25, -0.2) is 8.78 Å². The zero-order valence-electron chi connectivity index (χ0n) is 7.93. The number of carbonyl (C=O) groups is 1. The molecule has 0 atom stereocenters. The molecule has 0 spiro atoms. The van der Waals surface area contributed by atoms with E-state index in [1.807, 2.05) is 0 Å². The third-order valence-electron chi connectivity index (χ3n) is 1.91. The summed E-state index contributed by atoms with van der Waals surface area (Å²) in [6.07, 6.45) is 0.807. The van der Waals surface area contributed by atoms with Crippen LogP contribution in [0.15, 0.2) is 10.5 Å². The summed E-state index contributed by atoms with van der Waals surface area (Å²) in [6.45, 7) is 0. The van der Waals surface area contributed by atoms with Gasteiger partial charge in [0, 0.05) is 10.0 Å². The molecule has 0 bridgehead atoms. The third-order valence-corrected chi connectivity index (χ3v) is 2.53. The minimum Gasteiger partial charge on any atom is -0.365 e. The number of rotatable bonds is 3. The van der Waals surface area contributed by atoms with Crippen molar-refractivity contribution in [3.05, 3.63) is 39.7 Å². The van der Waals surface area contributed by atoms with Crippen LogP contribution in [0.2, 0.25) is 0 Å². The summed E-state index contributed by atoms with van der Waals surface area (Å²) in [4.78, 5) is 10.9. The number of nitrogens with two attached hydrogens (primary N) is 1. The fourth-order valence-corrected chi connectivity index (χ4v) is 1.76. The predicted molar refractivity (Wildman–Crippen MR) is 56.2 cm³/mol. The van der Waals surface area contributed by atoms with Crippen LogP contribution in [0, 0.1) is 29.4 Å². The maximum atomic E-state index is 13.7. The SMILES string of the molecule is N#C[CH]Cc1c(F)cc(Br)c(C(N)=O)c1F. The van der Waals surface area contributed by atoms with Crippen LogP contribution in [0.25, 0.3) is 0 Å². The number of halogens is 3. The molecule has 6 heteroatoms. The van der Waals surface area contributed by atoms with E-state index >= 15 is 0 Å². The molecule has 3 nitrogen and oxygen atoms in total. The van der Waals surface area contributed by atoms with E-state index in [0.717, 1.165) is 12.5 Å². The van der Waals surface area contributed by atoms with Gasteiger partial charge in [0.1, 0.15) is 11.6 Å². The van der Waals surface area contributed by atoms with E-state index in [9.17, 15) is 13.6 Å². The van der Waals surface area contributed by atoms with Gasteiger partial charge >= 0.3 is 0 Å². The summed E-state index contributed by atoms with van der Waals surface area (Å²) in [5, 5.41) is 8.29. The quantitative estimate of drug-likeness (QED) is 0.925. The van der Waals surface area contributed by atoms with Crippen molar-refractivity contribution in [2.75, 3.05) is 0 Å². The van der Waals surface area contributed by atoms with Crippen LogP contribution in [0.1, 0.15) is 15.9 Å². The second-order valence-electron chi connectivity index (χ2n) is 2.91. The summed E-state index contributed by atoms with van der Waals surface area (Å²) in [7, 11) is 0. The summed E-state index contributed by atoms with van der Waals surface area (Å²) in [5.74, 6) is -2.87. The molecule has 83 valence electrons. The number of primary amides is 1. The van der Waals surface area contributed by atoms with Gasteiger partial charge in [0.25, 0.3) is 5.91 Å². The molecule has 1 amide bonds. The highest BCUT2D eigenvalue weighted by Crippen LogP contribution is 2.26. The highest BCUT2D eigenvalue weighted by Gasteiger charge is 2.20. The molecule has 0 aliphatic carbocycles. The van der Waals surface area contributed by atoms with E-state index in [-0.39, 0.29) is 16.5 Å². The highest BCUT2D eigenvalue weighted by molar-refractivity contribution is 9.10. The molecular weight excluding hydrogens is 282 g/mol. The maximum absolute atomic E-state index is 13.7. The van der Waals surface area contributed by atoms with Crippen LogP contribution >= 0.6 is 15.9 Å². The Hall–Kier alpha value is -1.48. The molecule has 0 aliphatic rings. The van der Waals surface area contributed by atoms with Crippen molar-refractivity contribution < 1.29 is 13.6 Å². The summed E-state index contributed by atoms with van der Waals surface area (Å²) >= 11 is 2.84. The lowest BCUT2D eigenvalue weighted by molar-refractivity contribution is 0.0995. The molecule has 0 saturated heterocycles. The molecule has 1 rings (SSSR count). The number of hydrogen-bond acceptors (Lipinski definition) is 2. The second kappa shape index (κ2) is 5.03. The van der Waals surface area contributed by atoms with Gasteiger partial charge in [-0.05, 0) is 28.4 Å². The Labute approximate surface area is 99.0 Å². The number of hydrogen-bond donors (Lipinski definition) is 1. The molecule has 1 aromatic rings. The number of carbonyl (C=O) groups excluding carboxylic acids is 1. The molecule has 1 aromatic carbocycles. The van der Waals surface area contributed by atoms with Crippen LogP contribution in [0.5, 0.6) is 0 Å². The van der Waals surface area contributed by atoms with Crippen molar-refractivity contribution in [2.24, 2.45) is 5.73 Å². The standard InChI is InChI=1S/C10H6BrF2N2O/c11-6-4-7(12)5(2-1-3-14)9(13)8(6)10(15)16/h1,4H,2H2,(H2,15,16). The van der Waals surface area contributed by atoms with Gasteiger partial charge in [-0.15, -0.1) is 0 Å². The van der Waals surface area contributed by atoms with E-state index in [4.69, 9.17) is 11.0 Å². The lowest BCUT2D eigenvalue weighted by atomic mass is 10.0. The number of nitriles is 1. The average Bonchev–Trinajstić information content (AvgIpc) is 2.16. The minimum absolute atomic E-state index is 0.0456. The van der Waals surface area contributed by atoms with Crippen molar-refractivity contribution in [2.45, 2.75) is 6.42 Å². The fourth-order valence-electron chi connectivity index (χ4n) is 1.19. The van der Waals surface area contributed by atoms with Crippen molar-refractivity contribution in [3.63, 3.8) is 0 Å². The molecule has 2 N–H and O–H groups in total. The van der Waals surface area contributed by atoms with Gasteiger partial charge in [0.15, 0.2) is 0 Å². The Morgan fingerprint density at radius 3 is 2.75 bits per heavy atom. The first-order valence-corrected chi connectivity index (χ1v) is 4.95. The minimum atomic E-state index is -1.04. The predicted octanol–water partition coefficient (Wildman–Crippen LogP) is 2.10. The molecule has 0 saturated carbocycles. The largest absolute Gasteiger partial charge is 0.365 e. The monoisotopic (exact) mass is 287 g/mol. The van der Waals surface area contributed by atoms with E-state index in [1.165, 1.54) is 0 Å². The van der Waals surface area contributed by atoms with Crippen LogP contribution in [-0.4, -0.2) is 5.91 Å². The molecule has 0 fully saturated rings. The van der Waals surface area contributed by atoms with Gasteiger partial charge in [-0.3, -0.25) is 4.79 Å². The van der Waals surface area contributed by atoms with Crippen molar-refractivity contribution >= 4 is 21.8 Å². The molecule has 16 heavy (non-hydrogen) atoms. The first-order valence-electron chi connectivity index (χ1n) is 4.16. The van der Waals surface area contributed by atoms with Crippen LogP contribution in [0.3, 0.4) is 0 Å². The smallest absolute Gasteiger partial charge is 0.252 e. The van der Waals surface area contributed by atoms with E-state index in [0.29, 0.717) is 0 Å². The van der Waals surface area contributed by atoms with Gasteiger partial charge in [-0.2, -0.15) is 5.26 Å². The molecule has 0 aliphatic heterocycles. The zero-order chi connectivity index (χ0) is 12.3. The molecule has 0 heterocycles. The van der Waals surface area contributed by atoms with Crippen LogP contribution in [-0.2, 0) is 6.42 Å². The van der Waals surface area contributed by atoms with E-state index in [2.05, 4.69) is 15.9 Å². The van der Waals surface area contributed by atoms with Crippen LogP contribution in [0.4, 0.5) is 8.78 Å². The fraction of sp³-hybridized carbons (Fsp3) is 0.100. The lowest BCUT2D eigenvalue weighted by Gasteiger charge is -2.08. The maximum Gasteiger partial charge on any atom is 0.252 e. The molecule has 1 radical (unpaired) electrons. The van der Waals surface area contributed by atoms with E-state index in [1.54, 1.807) is 6.07 Å². The lowest BCUT2D eigenvalue weighted by Crippen LogP contribution is -2.16. The third kappa shape index (κ3) is 2.36. The highest BCUT2D eigenvalue weighted by atomic mass is 79.9. The van der Waals surface area contributed by atoms with Gasteiger partial charge in [-0.1, -0.05) is 0 Å². The first-order chi connectivity index (χ1) is 7.49. The van der Waals surface area contributed by atoms with Gasteiger partial charge < -0.3 is 5.73 Å². The topological polar surface area (TPSA) is 66.9 Å². The number of amides is 1. The van der Waals surface area contributed by atoms with Crippen LogP contribution < -0.4 is 5.73 Å². The summed E-state index contributed by atoms with van der Waals surface area (Å²) < 4.78 is 26.9. The van der Waals surface area contributed by atoms with Gasteiger partial charge in [0.05, 0.1) is 18.1 Å². The summed E-state index contributed by atoms with van der Waals surface area (Å²) in [6, 6.07) is 2.60. The Morgan fingerprint density at radius 1 is 1.62 bits per heavy atom. The zero-order valence-corrected chi connectivity index (χ0v) is 9.51. The Morgan fingerprint density at radius 2 is 2.25 bits per heavy atom. The Bertz CT molecular complexity index is 483. The summed E-state index contributed by atoms with van der Waals surface area (Å²) in [5.41, 5.74) is 4.19. The first kappa shape index (κ1) is 12.6. The van der Waals surface area contributed by atoms with Crippen molar-refractivity contribution in [1.29, 1.82) is 5.26 Å². The van der Waals surface area contributed by atoms with E-state index < -0.39 is 23.1 Å². The molecule has 0 aromatic heterocycles. The molecular formula is C10H6BrF2N2O. The average molecular weight is 288 g/mol. The van der Waals surface area contributed by atoms with Crippen molar-refractivity contribution in [1.82, 2.24) is 0 Å². The number of benzene rings is 1. The normalized spacial score (nSPS) is 9.88. The Kier molecular flexibility index (Phi) is 3.96. The number of nitrogens with zero attached hydrogens (tertiary/aromatic N) is 1. The second-order valence-corrected chi connectivity index (χ2v) is 3.76. The van der Waals surface area contributed by atoms with Gasteiger partial charge in [0.2, 0.25) is 0 Å². The Balaban J connectivity index is 3.34. The van der Waals surface area contributed by atoms with Crippen molar-refractivity contribution in [3.8, 4) is 6.07 Å².